The Hall–Kier alpha value is -2.51. The second-order valence-electron chi connectivity index (χ2n) is 13.2. The van der Waals surface area contributed by atoms with E-state index in [0.717, 1.165) is 77.0 Å². The van der Waals surface area contributed by atoms with Crippen LogP contribution in [-0.4, -0.2) is 41.0 Å². The Morgan fingerprint density at radius 2 is 0.865 bits per heavy atom. The number of hydrogen-bond donors (Lipinski definition) is 2. The molecular weight excluding hydrogens is 675 g/mol. The van der Waals surface area contributed by atoms with Crippen molar-refractivity contribution in [1.29, 1.82) is 0 Å². The maximum absolute atomic E-state index is 12.4. The van der Waals surface area contributed by atoms with Crippen molar-refractivity contribution in [2.45, 2.75) is 174 Å². The molecular formula is C43H73O8P. The standard InChI is InChI=1S/C43H73O8P/c1-3-5-7-9-11-13-15-17-19-20-21-22-24-25-27-29-31-33-35-37-42(44)49-39-41(40-50-52(46,47)48)51-43(45)38-36-34-32-30-28-26-23-18-16-14-12-10-8-6-4-2/h11-14,17-19,21-23,25,27,41H,3-10,15-16,20,24,26,28-40H2,1-2H3,(H2,46,47,48)/b13-11+,14-12+,19-17+,22-21+,23-18+,27-25+/t41-/m1/s1. The van der Waals surface area contributed by atoms with Gasteiger partial charge < -0.3 is 19.3 Å². The number of phosphoric acid groups is 1. The molecule has 0 aromatic heterocycles. The van der Waals surface area contributed by atoms with Crippen LogP contribution in [0.5, 0.6) is 0 Å². The fraction of sp³-hybridized carbons (Fsp3) is 0.674. The molecule has 0 aliphatic carbocycles. The van der Waals surface area contributed by atoms with Gasteiger partial charge in [-0.3, -0.25) is 14.1 Å². The molecule has 8 nitrogen and oxygen atoms in total. The second kappa shape index (κ2) is 38.2. The minimum atomic E-state index is -4.77. The van der Waals surface area contributed by atoms with Gasteiger partial charge in [-0.25, -0.2) is 4.57 Å². The minimum Gasteiger partial charge on any atom is -0.462 e. The predicted molar refractivity (Wildman–Crippen MR) is 216 cm³/mol. The van der Waals surface area contributed by atoms with Crippen molar-refractivity contribution < 1.29 is 37.9 Å². The molecule has 52 heavy (non-hydrogen) atoms. The Balaban J connectivity index is 4.05. The van der Waals surface area contributed by atoms with Gasteiger partial charge in [0.1, 0.15) is 6.61 Å². The zero-order valence-electron chi connectivity index (χ0n) is 32.7. The maximum Gasteiger partial charge on any atom is 0.469 e. The van der Waals surface area contributed by atoms with Gasteiger partial charge in [-0.1, -0.05) is 138 Å². The Morgan fingerprint density at radius 3 is 1.31 bits per heavy atom. The lowest BCUT2D eigenvalue weighted by molar-refractivity contribution is -0.161. The summed E-state index contributed by atoms with van der Waals surface area (Å²) < 4.78 is 26.3. The molecule has 0 aliphatic heterocycles. The van der Waals surface area contributed by atoms with Gasteiger partial charge in [0.2, 0.25) is 0 Å². The Kier molecular flexibility index (Phi) is 36.4. The van der Waals surface area contributed by atoms with Crippen molar-refractivity contribution in [3.8, 4) is 0 Å². The molecule has 0 amide bonds. The molecule has 0 radical (unpaired) electrons. The third-order valence-corrected chi connectivity index (χ3v) is 8.68. The van der Waals surface area contributed by atoms with Gasteiger partial charge in [-0.15, -0.1) is 0 Å². The van der Waals surface area contributed by atoms with Crippen molar-refractivity contribution in [3.05, 3.63) is 72.9 Å². The third-order valence-electron chi connectivity index (χ3n) is 8.20. The van der Waals surface area contributed by atoms with Gasteiger partial charge >= 0.3 is 19.8 Å². The van der Waals surface area contributed by atoms with E-state index in [-0.39, 0.29) is 19.4 Å². The average Bonchev–Trinajstić information content (AvgIpc) is 3.11. The van der Waals surface area contributed by atoms with Crippen molar-refractivity contribution in [3.63, 3.8) is 0 Å². The number of ether oxygens (including phenoxy) is 2. The summed E-state index contributed by atoms with van der Waals surface area (Å²) in [5.41, 5.74) is 0. The number of allylic oxidation sites excluding steroid dienone is 12. The van der Waals surface area contributed by atoms with E-state index in [4.69, 9.17) is 19.3 Å². The molecule has 1 atom stereocenters. The summed E-state index contributed by atoms with van der Waals surface area (Å²) in [5.74, 6) is -0.943. The van der Waals surface area contributed by atoms with Crippen LogP contribution in [0.4, 0.5) is 0 Å². The molecule has 2 N–H and O–H groups in total. The van der Waals surface area contributed by atoms with Crippen molar-refractivity contribution in [1.82, 2.24) is 0 Å². The van der Waals surface area contributed by atoms with E-state index in [9.17, 15) is 14.2 Å². The normalized spacial score (nSPS) is 13.2. The van der Waals surface area contributed by atoms with E-state index in [1.54, 1.807) is 0 Å². The first kappa shape index (κ1) is 49.5. The molecule has 0 aromatic carbocycles. The van der Waals surface area contributed by atoms with Gasteiger partial charge in [-0.2, -0.15) is 0 Å². The van der Waals surface area contributed by atoms with E-state index in [2.05, 4.69) is 91.3 Å². The molecule has 0 rings (SSSR count). The molecule has 0 unspecified atom stereocenters. The number of rotatable bonds is 36. The Morgan fingerprint density at radius 1 is 0.500 bits per heavy atom. The molecule has 9 heteroatoms. The van der Waals surface area contributed by atoms with Crippen LogP contribution in [0.25, 0.3) is 0 Å². The largest absolute Gasteiger partial charge is 0.469 e. The number of esters is 2. The lowest BCUT2D eigenvalue weighted by Gasteiger charge is -2.18. The number of carbonyl (C=O) groups excluding carboxylic acids is 2. The third kappa shape index (κ3) is 40.3. The fourth-order valence-corrected chi connectivity index (χ4v) is 5.51. The Labute approximate surface area is 317 Å². The van der Waals surface area contributed by atoms with Crippen LogP contribution >= 0.6 is 7.82 Å². The molecule has 0 saturated heterocycles. The highest BCUT2D eigenvalue weighted by molar-refractivity contribution is 7.46. The maximum atomic E-state index is 12.4. The summed E-state index contributed by atoms with van der Waals surface area (Å²) in [4.78, 5) is 42.8. The SMILES string of the molecule is CCCCC/C=C/C/C=C/C/C=C/C/C=C/CCCCCC(=O)OC[C@H](COP(=O)(O)O)OC(=O)CCCCCCC/C=C/C/C=C/CCCCC. The van der Waals surface area contributed by atoms with Crippen LogP contribution in [0.1, 0.15) is 168 Å². The molecule has 0 spiro atoms. The zero-order chi connectivity index (χ0) is 38.2. The average molecular weight is 749 g/mol. The first-order valence-electron chi connectivity index (χ1n) is 20.2. The predicted octanol–water partition coefficient (Wildman–Crippen LogP) is 12.3. The second-order valence-corrected chi connectivity index (χ2v) is 14.5. The fourth-order valence-electron chi connectivity index (χ4n) is 5.15. The minimum absolute atomic E-state index is 0.185. The number of unbranched alkanes of at least 4 members (excludes halogenated alkanes) is 14. The van der Waals surface area contributed by atoms with Gasteiger partial charge in [0, 0.05) is 12.8 Å². The highest BCUT2D eigenvalue weighted by atomic mass is 31.2. The Bertz CT molecular complexity index is 1070. The van der Waals surface area contributed by atoms with E-state index in [0.29, 0.717) is 12.8 Å². The van der Waals surface area contributed by atoms with Gasteiger partial charge in [-0.05, 0) is 89.9 Å². The van der Waals surface area contributed by atoms with Gasteiger partial charge in [0.15, 0.2) is 6.10 Å². The molecule has 0 fully saturated rings. The lowest BCUT2D eigenvalue weighted by Crippen LogP contribution is -2.29. The highest BCUT2D eigenvalue weighted by Gasteiger charge is 2.22. The summed E-state index contributed by atoms with van der Waals surface area (Å²) in [5, 5.41) is 0. The van der Waals surface area contributed by atoms with Crippen LogP contribution in [-0.2, 0) is 28.2 Å². The monoisotopic (exact) mass is 749 g/mol. The van der Waals surface area contributed by atoms with Crippen molar-refractivity contribution in [2.24, 2.45) is 0 Å². The van der Waals surface area contributed by atoms with E-state index in [1.165, 1.54) is 51.4 Å². The molecule has 0 saturated carbocycles. The zero-order valence-corrected chi connectivity index (χ0v) is 33.6. The van der Waals surface area contributed by atoms with Crippen LogP contribution in [0.15, 0.2) is 72.9 Å². The summed E-state index contributed by atoms with van der Waals surface area (Å²) >= 11 is 0. The summed E-state index contributed by atoms with van der Waals surface area (Å²) in [6.45, 7) is 3.58. The lowest BCUT2D eigenvalue weighted by atomic mass is 10.1. The molecule has 0 heterocycles. The van der Waals surface area contributed by atoms with E-state index >= 15 is 0 Å². The van der Waals surface area contributed by atoms with Crippen molar-refractivity contribution >= 4 is 19.8 Å². The first-order valence-corrected chi connectivity index (χ1v) is 21.8. The number of carbonyl (C=O) groups is 2. The van der Waals surface area contributed by atoms with E-state index < -0.39 is 32.5 Å². The number of hydrogen-bond acceptors (Lipinski definition) is 6. The smallest absolute Gasteiger partial charge is 0.462 e. The molecule has 0 aliphatic rings. The topological polar surface area (TPSA) is 119 Å². The quantitative estimate of drug-likeness (QED) is 0.0281. The van der Waals surface area contributed by atoms with Crippen LogP contribution in [0.3, 0.4) is 0 Å². The van der Waals surface area contributed by atoms with Crippen LogP contribution in [0, 0.1) is 0 Å². The van der Waals surface area contributed by atoms with Gasteiger partial charge in [0.05, 0.1) is 6.61 Å². The number of phosphoric ester groups is 1. The highest BCUT2D eigenvalue weighted by Crippen LogP contribution is 2.36. The van der Waals surface area contributed by atoms with E-state index in [1.807, 2.05) is 0 Å². The molecule has 0 bridgehead atoms. The first-order chi connectivity index (χ1) is 25.3. The summed E-state index contributed by atoms with van der Waals surface area (Å²) in [6.07, 6.45) is 49.0. The van der Waals surface area contributed by atoms with Crippen molar-refractivity contribution in [2.75, 3.05) is 13.2 Å². The molecule has 298 valence electrons. The molecule has 0 aromatic rings. The summed E-state index contributed by atoms with van der Waals surface area (Å²) in [6, 6.07) is 0. The van der Waals surface area contributed by atoms with Crippen LogP contribution in [0.2, 0.25) is 0 Å². The summed E-state index contributed by atoms with van der Waals surface area (Å²) in [7, 11) is -4.77. The van der Waals surface area contributed by atoms with Crippen LogP contribution < -0.4 is 0 Å². The van der Waals surface area contributed by atoms with Gasteiger partial charge in [0.25, 0.3) is 0 Å².